The van der Waals surface area contributed by atoms with Crippen LogP contribution >= 0.6 is 0 Å². The molecule has 4 rings (SSSR count). The topological polar surface area (TPSA) is 113 Å². The van der Waals surface area contributed by atoms with Crippen molar-refractivity contribution in [3.05, 3.63) is 59.7 Å². The average Bonchev–Trinajstić information content (AvgIpc) is 2.94. The third-order valence-electron chi connectivity index (χ3n) is 7.91. The summed E-state index contributed by atoms with van der Waals surface area (Å²) in [4.78, 5) is 0. The molecular weight excluding hydrogens is 664 g/mol. The third-order valence-corrected chi connectivity index (χ3v) is 7.91. The van der Waals surface area contributed by atoms with Crippen LogP contribution in [0.25, 0.3) is 0 Å². The van der Waals surface area contributed by atoms with Gasteiger partial charge in [-0.05, 0) is 35.4 Å². The molecule has 0 aromatic heterocycles. The van der Waals surface area contributed by atoms with Gasteiger partial charge in [0.1, 0.15) is 0 Å². The Balaban J connectivity index is 2.17. The Morgan fingerprint density at radius 2 is 0.711 bits per heavy atom. The van der Waals surface area contributed by atoms with Crippen molar-refractivity contribution in [3.63, 3.8) is 0 Å². The van der Waals surface area contributed by atoms with Crippen molar-refractivity contribution >= 4 is 11.4 Å². The van der Waals surface area contributed by atoms with Crippen molar-refractivity contribution in [2.24, 2.45) is 11.5 Å². The van der Waals surface area contributed by atoms with E-state index in [1.54, 1.807) is 0 Å². The Kier molecular flexibility index (Phi) is 7.09. The summed E-state index contributed by atoms with van der Waals surface area (Å²) >= 11 is 0. The van der Waals surface area contributed by atoms with Gasteiger partial charge in [-0.25, -0.2) is 35.1 Å². The normalized spacial score (nSPS) is 43.5. The van der Waals surface area contributed by atoms with Crippen LogP contribution < -0.4 is 22.9 Å². The second-order valence-electron chi connectivity index (χ2n) is 10.5. The maximum atomic E-state index is 16.6. The smallest absolute Gasteiger partial charge is 0.361 e. The van der Waals surface area contributed by atoms with Gasteiger partial charge in [0.2, 0.25) is 23.7 Å². The first kappa shape index (κ1) is 34.7. The van der Waals surface area contributed by atoms with Gasteiger partial charge in [0.15, 0.2) is 0 Å². The van der Waals surface area contributed by atoms with Crippen LogP contribution in [0.5, 0.6) is 0 Å². The van der Waals surface area contributed by atoms with Crippen molar-refractivity contribution in [1.29, 1.82) is 0 Å². The monoisotopic (exact) mass is 682 g/mol. The molecule has 0 amide bonds. The predicted molar refractivity (Wildman–Crippen MR) is 122 cm³/mol. The lowest BCUT2D eigenvalue weighted by Crippen LogP contribution is -2.89. The molecule has 45 heavy (non-hydrogen) atoms. The molecule has 8 N–H and O–H groups in total. The highest BCUT2D eigenvalue weighted by Crippen LogP contribution is 2.72. The summed E-state index contributed by atoms with van der Waals surface area (Å²) in [5, 5.41) is 0. The van der Waals surface area contributed by atoms with Crippen molar-refractivity contribution < 1.29 is 75.0 Å². The molecule has 21 heteroatoms. The quantitative estimate of drug-likeness (QED) is 0.187. The number of alkyl halides is 16. The molecular formula is C24H18F16N4O. The highest BCUT2D eigenvalue weighted by molar-refractivity contribution is 5.46. The van der Waals surface area contributed by atoms with Gasteiger partial charge >= 0.3 is 35.4 Å². The number of hydrogen-bond donors (Lipinski definition) is 4. The van der Waals surface area contributed by atoms with E-state index in [2.05, 4.69) is 16.2 Å². The van der Waals surface area contributed by atoms with Gasteiger partial charge < -0.3 is 11.5 Å². The molecule has 2 aliphatic rings. The van der Waals surface area contributed by atoms with Crippen LogP contribution in [0.3, 0.4) is 0 Å². The van der Waals surface area contributed by atoms with Crippen LogP contribution in [0.4, 0.5) is 81.6 Å². The summed E-state index contributed by atoms with van der Waals surface area (Å²) in [5.41, 5.74) is 0.816. The van der Waals surface area contributed by atoms with Crippen molar-refractivity contribution in [2.75, 3.05) is 11.5 Å². The Morgan fingerprint density at radius 1 is 0.467 bits per heavy atom. The van der Waals surface area contributed by atoms with Gasteiger partial charge in [0.05, 0.1) is 0 Å². The molecule has 0 aliphatic heterocycles. The van der Waals surface area contributed by atoms with E-state index in [-0.39, 0.29) is 24.3 Å². The molecule has 0 bridgehead atoms. The summed E-state index contributed by atoms with van der Waals surface area (Å²) in [7, 11) is 0. The lowest BCUT2D eigenvalue weighted by atomic mass is 9.66. The molecule has 0 saturated heterocycles. The van der Waals surface area contributed by atoms with Crippen molar-refractivity contribution in [3.8, 4) is 0 Å². The number of rotatable bonds is 4. The fraction of sp³-hybridized carbons (Fsp3) is 0.500. The van der Waals surface area contributed by atoms with E-state index in [1.807, 2.05) is 0 Å². The minimum Gasteiger partial charge on any atom is -0.399 e. The number of nitrogens with two attached hydrogens (primary N) is 4. The van der Waals surface area contributed by atoms with E-state index < -0.39 is 93.2 Å². The van der Waals surface area contributed by atoms with Gasteiger partial charge in [-0.2, -0.15) is 35.1 Å². The largest absolute Gasteiger partial charge is 0.399 e. The lowest BCUT2D eigenvalue weighted by Gasteiger charge is -2.60. The fourth-order valence-corrected chi connectivity index (χ4v) is 5.12. The van der Waals surface area contributed by atoms with E-state index in [4.69, 9.17) is 11.5 Å². The number of benzene rings is 2. The maximum absolute atomic E-state index is 16.6. The maximum Gasteiger partial charge on any atom is 0.361 e. The van der Waals surface area contributed by atoms with Crippen LogP contribution in [-0.2, 0) is 16.1 Å². The Morgan fingerprint density at radius 3 is 0.956 bits per heavy atom. The molecule has 0 radical (unpaired) electrons. The van der Waals surface area contributed by atoms with E-state index in [1.165, 1.54) is 0 Å². The molecule has 2 aliphatic carbocycles. The zero-order valence-corrected chi connectivity index (χ0v) is 21.5. The molecule has 2 fully saturated rings. The van der Waals surface area contributed by atoms with Crippen molar-refractivity contribution in [2.45, 2.75) is 70.7 Å². The molecule has 2 aromatic rings. The first-order valence-corrected chi connectivity index (χ1v) is 11.9. The first-order valence-electron chi connectivity index (χ1n) is 11.9. The fourth-order valence-electron chi connectivity index (χ4n) is 5.12. The van der Waals surface area contributed by atoms with Crippen molar-refractivity contribution in [1.82, 2.24) is 0 Å². The average molecular weight is 682 g/mol. The van der Waals surface area contributed by atoms with Crippen LogP contribution in [0.1, 0.15) is 11.1 Å². The minimum atomic E-state index is -7.38. The van der Waals surface area contributed by atoms with Crippen LogP contribution in [0.15, 0.2) is 48.5 Å². The Bertz CT molecular complexity index is 1360. The summed E-state index contributed by atoms with van der Waals surface area (Å²) < 4.78 is 250. The highest BCUT2D eigenvalue weighted by Gasteiger charge is 2.99. The van der Waals surface area contributed by atoms with Gasteiger partial charge in [-0.1, -0.05) is 24.3 Å². The summed E-state index contributed by atoms with van der Waals surface area (Å²) in [6.07, 6.45) is -10.9. The van der Waals surface area contributed by atoms with Gasteiger partial charge in [0, 0.05) is 11.4 Å². The molecule has 0 spiro atoms. The van der Waals surface area contributed by atoms with E-state index >= 15 is 43.9 Å². The summed E-state index contributed by atoms with van der Waals surface area (Å²) in [6, 6.07) is 0.862. The predicted octanol–water partition coefficient (Wildman–Crippen LogP) is 5.72. The summed E-state index contributed by atoms with van der Waals surface area (Å²) in [5.74, 6) is -55.6. The minimum absolute atomic E-state index is 0.116. The molecule has 5 nitrogen and oxygen atoms in total. The molecule has 0 heterocycles. The molecule has 2 saturated carbocycles. The van der Waals surface area contributed by atoms with Crippen LogP contribution in [0, 0.1) is 0 Å². The van der Waals surface area contributed by atoms with E-state index in [0.29, 0.717) is 24.3 Å². The lowest BCUT2D eigenvalue weighted by molar-refractivity contribution is -0.523. The second-order valence-corrected chi connectivity index (χ2v) is 10.5. The summed E-state index contributed by atoms with van der Waals surface area (Å²) in [6.45, 7) is 0. The van der Waals surface area contributed by atoms with E-state index in [0.717, 1.165) is 0 Å². The van der Waals surface area contributed by atoms with Crippen LogP contribution in [-0.4, -0.2) is 59.3 Å². The number of halogens is 16. The SMILES string of the molecule is Nc1ccc(C2(F)C(F)C(F)(F)C(N)(F)C(F)(F)C2(F)OC2(F)C(F)(c3ccc(N)cc3)C(F)C(F)(F)C(N)(F)C2(F)F)cc1. The second kappa shape index (κ2) is 9.20. The van der Waals surface area contributed by atoms with Gasteiger partial charge in [-0.15, -0.1) is 0 Å². The Hall–Kier alpha value is -3.20. The molecule has 2 aromatic carbocycles. The highest BCUT2D eigenvalue weighted by atomic mass is 19.3. The molecule has 8 unspecified atom stereocenters. The Labute approximate surface area is 240 Å². The standard InChI is InChI=1S/C24H18F16N4O/c25-13-15(27,9-1-5-11(41)6-2-9)23(39,19(33,34)21(37,43)17(13,29)30)45-24(40)16(28,10-3-7-12(42)8-4-10)14(26)18(31,32)22(38,44)20(24,35)36/h1-8,13-14H,41-44H2. The van der Waals surface area contributed by atoms with E-state index in [9.17, 15) is 26.3 Å². The zero-order valence-electron chi connectivity index (χ0n) is 21.5. The van der Waals surface area contributed by atoms with Crippen LogP contribution in [0.2, 0.25) is 0 Å². The van der Waals surface area contributed by atoms with Gasteiger partial charge in [0.25, 0.3) is 11.6 Å². The zero-order chi connectivity index (χ0) is 34.8. The van der Waals surface area contributed by atoms with Gasteiger partial charge in [-0.3, -0.25) is 16.2 Å². The first-order chi connectivity index (χ1) is 20.0. The third kappa shape index (κ3) is 3.59. The molecule has 8 atom stereocenters. The number of anilines is 2. The number of ether oxygens (including phenoxy) is 1. The number of hydrogen-bond acceptors (Lipinski definition) is 5. The molecule has 252 valence electrons. The number of nitrogen functional groups attached to an aromatic ring is 2.